The van der Waals surface area contributed by atoms with Crippen LogP contribution in [0.15, 0.2) is 42.6 Å². The van der Waals surface area contributed by atoms with Crippen molar-refractivity contribution in [1.82, 2.24) is 19.6 Å². The summed E-state index contributed by atoms with van der Waals surface area (Å²) in [6, 6.07) is 12.5. The topological polar surface area (TPSA) is 65.2 Å². The molecule has 0 spiro atoms. The summed E-state index contributed by atoms with van der Waals surface area (Å²) in [5.41, 5.74) is 5.80. The van der Waals surface area contributed by atoms with Gasteiger partial charge in [-0.15, -0.1) is 0 Å². The van der Waals surface area contributed by atoms with Crippen molar-refractivity contribution in [3.63, 3.8) is 0 Å². The van der Waals surface area contributed by atoms with Crippen molar-refractivity contribution < 1.29 is 4.79 Å². The third-order valence-electron chi connectivity index (χ3n) is 5.99. The van der Waals surface area contributed by atoms with E-state index in [1.54, 1.807) is 4.90 Å². The van der Waals surface area contributed by atoms with Crippen molar-refractivity contribution in [2.45, 2.75) is 32.0 Å². The number of amides is 1. The van der Waals surface area contributed by atoms with Gasteiger partial charge in [0.05, 0.1) is 11.7 Å². The molecule has 0 N–H and O–H groups in total. The Kier molecular flexibility index (Phi) is 3.83. The molecule has 1 aromatic heterocycles. The van der Waals surface area contributed by atoms with Crippen LogP contribution in [0.2, 0.25) is 0 Å². The van der Waals surface area contributed by atoms with Crippen LogP contribution in [0, 0.1) is 11.5 Å². The fourth-order valence-corrected chi connectivity index (χ4v) is 4.43. The van der Waals surface area contributed by atoms with E-state index < -0.39 is 0 Å². The van der Waals surface area contributed by atoms with Gasteiger partial charge in [0.1, 0.15) is 6.04 Å². The summed E-state index contributed by atoms with van der Waals surface area (Å²) < 4.78 is 1.87. The lowest BCUT2D eigenvalue weighted by Crippen LogP contribution is -2.41. The number of aromatic nitrogens is 2. The predicted molar refractivity (Wildman–Crippen MR) is 106 cm³/mol. The first-order valence-corrected chi connectivity index (χ1v) is 9.63. The maximum Gasteiger partial charge on any atom is 0.246 e. The number of rotatable bonds is 2. The molecule has 0 saturated carbocycles. The Morgan fingerprint density at radius 1 is 1.14 bits per heavy atom. The Bertz CT molecular complexity index is 1130. The summed E-state index contributed by atoms with van der Waals surface area (Å²) in [5, 5.41) is 14.7. The van der Waals surface area contributed by atoms with Crippen molar-refractivity contribution in [1.29, 1.82) is 5.26 Å². The Labute approximate surface area is 163 Å². The van der Waals surface area contributed by atoms with Gasteiger partial charge in [-0.1, -0.05) is 18.2 Å². The molecule has 0 radical (unpaired) electrons. The van der Waals surface area contributed by atoms with Crippen LogP contribution in [0.3, 0.4) is 0 Å². The fraction of sp³-hybridized carbons (Fsp3) is 0.318. The molecule has 5 rings (SSSR count). The number of nitriles is 1. The number of nitrogens with zero attached hydrogens (tertiary/aromatic N) is 5. The fourth-order valence-electron chi connectivity index (χ4n) is 4.43. The van der Waals surface area contributed by atoms with Crippen molar-refractivity contribution in [3.8, 4) is 17.3 Å². The van der Waals surface area contributed by atoms with E-state index in [1.165, 1.54) is 11.1 Å². The van der Waals surface area contributed by atoms with Crippen LogP contribution in [-0.2, 0) is 24.9 Å². The molecule has 1 fully saturated rings. The van der Waals surface area contributed by atoms with E-state index in [0.29, 0.717) is 19.6 Å². The average molecular weight is 371 g/mol. The van der Waals surface area contributed by atoms with Gasteiger partial charge in [0.25, 0.3) is 0 Å². The van der Waals surface area contributed by atoms with Crippen LogP contribution in [0.25, 0.3) is 22.0 Å². The number of carbonyl (C=O) groups excluding carboxylic acids is 1. The molecule has 1 saturated heterocycles. The molecule has 0 aliphatic carbocycles. The second-order valence-corrected chi connectivity index (χ2v) is 7.67. The summed E-state index contributed by atoms with van der Waals surface area (Å²) in [5.74, 6) is 0.0774. The standard InChI is InChI=1S/C22H21N5O/c1-25-20-7-6-16(9-18(20)11-24-25)15-4-5-17-12-27(13-19(17)10-15)22(28)21-3-2-8-26(21)14-23/h4-7,9-11,21H,2-3,8,12-13H2,1H3/t21-/m0/s1. The summed E-state index contributed by atoms with van der Waals surface area (Å²) >= 11 is 0. The zero-order valence-electron chi connectivity index (χ0n) is 15.8. The van der Waals surface area contributed by atoms with E-state index in [2.05, 4.69) is 47.7 Å². The number of hydrogen-bond donors (Lipinski definition) is 0. The summed E-state index contributed by atoms with van der Waals surface area (Å²) in [6.07, 6.45) is 5.73. The van der Waals surface area contributed by atoms with Crippen molar-refractivity contribution in [3.05, 3.63) is 53.7 Å². The summed E-state index contributed by atoms with van der Waals surface area (Å²) in [6.45, 7) is 1.94. The number of benzene rings is 2. The molecule has 0 unspecified atom stereocenters. The lowest BCUT2D eigenvalue weighted by molar-refractivity contribution is -0.135. The third kappa shape index (κ3) is 2.63. The third-order valence-corrected chi connectivity index (χ3v) is 5.99. The van der Waals surface area contributed by atoms with Crippen molar-refractivity contribution in [2.75, 3.05) is 6.54 Å². The number of fused-ring (bicyclic) bond motifs is 2. The Morgan fingerprint density at radius 2 is 1.93 bits per heavy atom. The largest absolute Gasteiger partial charge is 0.332 e. The van der Waals surface area contributed by atoms with Gasteiger partial charge in [0, 0.05) is 32.1 Å². The Morgan fingerprint density at radius 3 is 2.79 bits per heavy atom. The van der Waals surface area contributed by atoms with Gasteiger partial charge < -0.3 is 4.90 Å². The smallest absolute Gasteiger partial charge is 0.246 e. The minimum atomic E-state index is -0.285. The molecule has 3 aromatic rings. The van der Waals surface area contributed by atoms with Crippen LogP contribution >= 0.6 is 0 Å². The van der Waals surface area contributed by atoms with E-state index >= 15 is 0 Å². The van der Waals surface area contributed by atoms with Gasteiger partial charge in [-0.2, -0.15) is 10.4 Å². The highest BCUT2D eigenvalue weighted by atomic mass is 16.2. The van der Waals surface area contributed by atoms with E-state index in [4.69, 9.17) is 0 Å². The maximum atomic E-state index is 12.9. The van der Waals surface area contributed by atoms with E-state index in [0.717, 1.165) is 34.9 Å². The van der Waals surface area contributed by atoms with Crippen LogP contribution < -0.4 is 0 Å². The molecule has 2 aliphatic heterocycles. The number of hydrogen-bond acceptors (Lipinski definition) is 4. The second kappa shape index (κ2) is 6.38. The average Bonchev–Trinajstić information content (AvgIpc) is 3.44. The van der Waals surface area contributed by atoms with Crippen LogP contribution in [0.4, 0.5) is 0 Å². The molecule has 1 atom stereocenters. The highest BCUT2D eigenvalue weighted by Gasteiger charge is 2.35. The van der Waals surface area contributed by atoms with Gasteiger partial charge in [0.2, 0.25) is 5.91 Å². The van der Waals surface area contributed by atoms with Crippen LogP contribution in [0.5, 0.6) is 0 Å². The molecular weight excluding hydrogens is 350 g/mol. The van der Waals surface area contributed by atoms with E-state index in [9.17, 15) is 10.1 Å². The molecule has 2 aromatic carbocycles. The monoisotopic (exact) mass is 371 g/mol. The molecule has 6 nitrogen and oxygen atoms in total. The minimum absolute atomic E-state index is 0.0774. The Balaban J connectivity index is 1.40. The molecule has 3 heterocycles. The highest BCUT2D eigenvalue weighted by molar-refractivity contribution is 5.85. The lowest BCUT2D eigenvalue weighted by atomic mass is 10.00. The summed E-state index contributed by atoms with van der Waals surface area (Å²) in [4.78, 5) is 16.4. The minimum Gasteiger partial charge on any atom is -0.332 e. The first-order chi connectivity index (χ1) is 13.6. The quantitative estimate of drug-likeness (QED) is 0.650. The number of carbonyl (C=O) groups is 1. The Hall–Kier alpha value is -3.33. The van der Waals surface area contributed by atoms with Gasteiger partial charge in [0.15, 0.2) is 6.19 Å². The van der Waals surface area contributed by atoms with Crippen LogP contribution in [-0.4, -0.2) is 38.1 Å². The first kappa shape index (κ1) is 16.8. The van der Waals surface area contributed by atoms with Gasteiger partial charge in [-0.3, -0.25) is 14.4 Å². The SMILES string of the molecule is Cn1ncc2cc(-c3ccc4c(c3)CN(C(=O)[C@@H]3CCCN3C#N)C4)ccc21. The molecule has 140 valence electrons. The lowest BCUT2D eigenvalue weighted by Gasteiger charge is -2.23. The van der Waals surface area contributed by atoms with Crippen molar-refractivity contribution >= 4 is 16.8 Å². The van der Waals surface area contributed by atoms with E-state index in [1.807, 2.05) is 22.8 Å². The first-order valence-electron chi connectivity index (χ1n) is 9.63. The van der Waals surface area contributed by atoms with E-state index in [-0.39, 0.29) is 11.9 Å². The molecular formula is C22H21N5O. The van der Waals surface area contributed by atoms with Gasteiger partial charge in [-0.25, -0.2) is 0 Å². The molecule has 0 bridgehead atoms. The van der Waals surface area contributed by atoms with Gasteiger partial charge >= 0.3 is 0 Å². The normalized spacial score (nSPS) is 18.5. The molecule has 2 aliphatic rings. The molecule has 6 heteroatoms. The van der Waals surface area contributed by atoms with Crippen molar-refractivity contribution in [2.24, 2.45) is 7.05 Å². The van der Waals surface area contributed by atoms with Crippen LogP contribution in [0.1, 0.15) is 24.0 Å². The highest BCUT2D eigenvalue weighted by Crippen LogP contribution is 2.31. The predicted octanol–water partition coefficient (Wildman–Crippen LogP) is 3.03. The maximum absolute atomic E-state index is 12.9. The zero-order valence-corrected chi connectivity index (χ0v) is 15.8. The molecule has 1 amide bonds. The second-order valence-electron chi connectivity index (χ2n) is 7.67. The number of likely N-dealkylation sites (tertiary alicyclic amines) is 1. The zero-order chi connectivity index (χ0) is 19.3. The molecule has 28 heavy (non-hydrogen) atoms. The van der Waals surface area contributed by atoms with Gasteiger partial charge in [-0.05, 0) is 53.3 Å². The summed E-state index contributed by atoms with van der Waals surface area (Å²) in [7, 11) is 1.95. The number of aryl methyl sites for hydroxylation is 1.